The Morgan fingerprint density at radius 2 is 1.35 bits per heavy atom. The molecule has 0 atom stereocenters. The molecule has 2 aromatic carbocycles. The van der Waals surface area contributed by atoms with E-state index in [1.807, 2.05) is 0 Å². The van der Waals surface area contributed by atoms with Crippen molar-refractivity contribution in [3.63, 3.8) is 0 Å². The molecule has 2 nitrogen and oxygen atoms in total. The first kappa shape index (κ1) is 9.25. The third-order valence-corrected chi connectivity index (χ3v) is 3.60. The molecule has 2 heteroatoms. The Hall–Kier alpha value is -1.80. The van der Waals surface area contributed by atoms with E-state index in [1.165, 1.54) is 21.8 Å². The molecule has 0 amide bonds. The third kappa shape index (κ3) is 1.19. The number of para-hydroxylation sites is 2. The van der Waals surface area contributed by atoms with Crippen LogP contribution in [-0.4, -0.2) is 17.8 Å². The maximum atomic E-state index is 5.34. The van der Waals surface area contributed by atoms with Gasteiger partial charge in [-0.1, -0.05) is 36.4 Å². The maximum Gasteiger partial charge on any atom is 0.0809 e. The van der Waals surface area contributed by atoms with Gasteiger partial charge < -0.3 is 9.30 Å². The third-order valence-electron chi connectivity index (χ3n) is 3.60. The Morgan fingerprint density at radius 3 is 1.82 bits per heavy atom. The lowest BCUT2D eigenvalue weighted by molar-refractivity contribution is -0.0196. The minimum Gasteiger partial charge on any atom is -0.377 e. The summed E-state index contributed by atoms with van der Waals surface area (Å²) in [5.41, 5.74) is 2.64. The van der Waals surface area contributed by atoms with Crippen molar-refractivity contribution in [2.45, 2.75) is 6.04 Å². The lowest BCUT2D eigenvalue weighted by atomic mass is 10.2. The summed E-state index contributed by atoms with van der Waals surface area (Å²) in [5.74, 6) is 0. The van der Waals surface area contributed by atoms with Gasteiger partial charge in [-0.25, -0.2) is 0 Å². The Balaban J connectivity index is 2.18. The second-order valence-electron chi connectivity index (χ2n) is 4.60. The Labute approximate surface area is 99.4 Å². The summed E-state index contributed by atoms with van der Waals surface area (Å²) in [4.78, 5) is 0. The van der Waals surface area contributed by atoms with E-state index in [0.717, 1.165) is 13.2 Å². The molecular formula is C15H13NO. The normalized spacial score (nSPS) is 16.5. The molecule has 0 aliphatic carbocycles. The van der Waals surface area contributed by atoms with Crippen LogP contribution in [0.1, 0.15) is 6.04 Å². The summed E-state index contributed by atoms with van der Waals surface area (Å²) in [5, 5.41) is 2.69. The molecule has 0 unspecified atom stereocenters. The molecule has 0 saturated carbocycles. The van der Waals surface area contributed by atoms with E-state index in [4.69, 9.17) is 4.74 Å². The van der Waals surface area contributed by atoms with Crippen molar-refractivity contribution in [2.75, 3.05) is 13.2 Å². The quantitative estimate of drug-likeness (QED) is 0.617. The van der Waals surface area contributed by atoms with Crippen molar-refractivity contribution < 1.29 is 4.74 Å². The van der Waals surface area contributed by atoms with E-state index in [0.29, 0.717) is 6.04 Å². The fourth-order valence-electron chi connectivity index (χ4n) is 2.72. The molecule has 0 radical (unpaired) electrons. The smallest absolute Gasteiger partial charge is 0.0809 e. The second-order valence-corrected chi connectivity index (χ2v) is 4.60. The molecule has 4 rings (SSSR count). The highest BCUT2D eigenvalue weighted by Crippen LogP contribution is 2.33. The number of ether oxygens (including phenoxy) is 1. The number of fused-ring (bicyclic) bond motifs is 3. The molecule has 84 valence electrons. The number of nitrogens with zero attached hydrogens (tertiary/aromatic N) is 1. The predicted octanol–water partition coefficient (Wildman–Crippen LogP) is 3.37. The molecule has 3 aromatic rings. The van der Waals surface area contributed by atoms with Crippen LogP contribution >= 0.6 is 0 Å². The molecule has 1 aliphatic rings. The highest BCUT2D eigenvalue weighted by Gasteiger charge is 2.24. The van der Waals surface area contributed by atoms with Crippen molar-refractivity contribution in [3.8, 4) is 0 Å². The molecule has 0 N–H and O–H groups in total. The van der Waals surface area contributed by atoms with Crippen molar-refractivity contribution in [3.05, 3.63) is 48.5 Å². The van der Waals surface area contributed by atoms with Gasteiger partial charge in [0, 0.05) is 21.8 Å². The fraction of sp³-hybridized carbons (Fsp3) is 0.200. The highest BCUT2D eigenvalue weighted by atomic mass is 16.5. The molecule has 2 heterocycles. The second kappa shape index (κ2) is 3.34. The van der Waals surface area contributed by atoms with E-state index in [2.05, 4.69) is 53.1 Å². The van der Waals surface area contributed by atoms with Crippen LogP contribution < -0.4 is 0 Å². The zero-order valence-electron chi connectivity index (χ0n) is 9.47. The van der Waals surface area contributed by atoms with Crippen LogP contribution in [0.4, 0.5) is 0 Å². The van der Waals surface area contributed by atoms with E-state index < -0.39 is 0 Å². The monoisotopic (exact) mass is 223 g/mol. The zero-order chi connectivity index (χ0) is 11.2. The molecule has 1 aromatic heterocycles. The summed E-state index contributed by atoms with van der Waals surface area (Å²) in [6.45, 7) is 1.67. The molecule has 1 fully saturated rings. The summed E-state index contributed by atoms with van der Waals surface area (Å²) in [6.07, 6.45) is 0. The summed E-state index contributed by atoms with van der Waals surface area (Å²) in [7, 11) is 0. The molecular weight excluding hydrogens is 210 g/mol. The minimum atomic E-state index is 0.500. The first-order valence-electron chi connectivity index (χ1n) is 6.00. The van der Waals surface area contributed by atoms with Gasteiger partial charge in [-0.3, -0.25) is 0 Å². The van der Waals surface area contributed by atoms with Gasteiger partial charge in [0.15, 0.2) is 0 Å². The van der Waals surface area contributed by atoms with Crippen LogP contribution in [0.25, 0.3) is 21.8 Å². The van der Waals surface area contributed by atoms with Crippen molar-refractivity contribution in [1.29, 1.82) is 0 Å². The van der Waals surface area contributed by atoms with Gasteiger partial charge in [-0.15, -0.1) is 0 Å². The average Bonchev–Trinajstić information content (AvgIpc) is 2.64. The predicted molar refractivity (Wildman–Crippen MR) is 69.3 cm³/mol. The maximum absolute atomic E-state index is 5.34. The first-order valence-corrected chi connectivity index (χ1v) is 6.00. The Bertz CT molecular complexity index is 641. The number of benzene rings is 2. The highest BCUT2D eigenvalue weighted by molar-refractivity contribution is 6.08. The Kier molecular flexibility index (Phi) is 1.82. The molecule has 1 saturated heterocycles. The lowest BCUT2D eigenvalue weighted by Gasteiger charge is -2.29. The SMILES string of the molecule is c1ccc2c(c1)c1ccccc1n2C1COC1. The van der Waals surface area contributed by atoms with Crippen molar-refractivity contribution in [1.82, 2.24) is 4.57 Å². The molecule has 17 heavy (non-hydrogen) atoms. The van der Waals surface area contributed by atoms with Gasteiger partial charge >= 0.3 is 0 Å². The molecule has 0 bridgehead atoms. The van der Waals surface area contributed by atoms with Crippen LogP contribution in [0.3, 0.4) is 0 Å². The average molecular weight is 223 g/mol. The molecule has 0 spiro atoms. The van der Waals surface area contributed by atoms with Gasteiger partial charge in [0.1, 0.15) is 0 Å². The van der Waals surface area contributed by atoms with Crippen LogP contribution in [0.15, 0.2) is 48.5 Å². The van der Waals surface area contributed by atoms with Crippen molar-refractivity contribution >= 4 is 21.8 Å². The van der Waals surface area contributed by atoms with Gasteiger partial charge in [-0.05, 0) is 12.1 Å². The van der Waals surface area contributed by atoms with Gasteiger partial charge in [-0.2, -0.15) is 0 Å². The van der Waals surface area contributed by atoms with Crippen LogP contribution in [0, 0.1) is 0 Å². The lowest BCUT2D eigenvalue weighted by Crippen LogP contribution is -2.30. The van der Waals surface area contributed by atoms with Crippen molar-refractivity contribution in [2.24, 2.45) is 0 Å². The largest absolute Gasteiger partial charge is 0.377 e. The number of aromatic nitrogens is 1. The Morgan fingerprint density at radius 1 is 0.824 bits per heavy atom. The zero-order valence-corrected chi connectivity index (χ0v) is 9.47. The minimum absolute atomic E-state index is 0.500. The van der Waals surface area contributed by atoms with Gasteiger partial charge in [0.2, 0.25) is 0 Å². The van der Waals surface area contributed by atoms with Crippen LogP contribution in [-0.2, 0) is 4.74 Å². The number of rotatable bonds is 1. The van der Waals surface area contributed by atoms with Gasteiger partial charge in [0.25, 0.3) is 0 Å². The number of hydrogen-bond donors (Lipinski definition) is 0. The van der Waals surface area contributed by atoms with E-state index in [1.54, 1.807) is 0 Å². The standard InChI is InChI=1S/C15H13NO/c1-3-7-14-12(5-1)13-6-2-4-8-15(13)16(14)11-9-17-10-11/h1-8,11H,9-10H2. The van der Waals surface area contributed by atoms with Gasteiger partial charge in [0.05, 0.1) is 19.3 Å². The van der Waals surface area contributed by atoms with E-state index in [-0.39, 0.29) is 0 Å². The summed E-state index contributed by atoms with van der Waals surface area (Å²) < 4.78 is 7.76. The van der Waals surface area contributed by atoms with E-state index in [9.17, 15) is 0 Å². The fourth-order valence-corrected chi connectivity index (χ4v) is 2.72. The van der Waals surface area contributed by atoms with Crippen LogP contribution in [0.5, 0.6) is 0 Å². The first-order chi connectivity index (χ1) is 8.45. The van der Waals surface area contributed by atoms with E-state index >= 15 is 0 Å². The summed E-state index contributed by atoms with van der Waals surface area (Å²) >= 11 is 0. The number of hydrogen-bond acceptors (Lipinski definition) is 1. The molecule has 1 aliphatic heterocycles. The van der Waals surface area contributed by atoms with Crippen LogP contribution in [0.2, 0.25) is 0 Å². The topological polar surface area (TPSA) is 14.2 Å². The summed E-state index contributed by atoms with van der Waals surface area (Å²) in [6, 6.07) is 17.7.